The topological polar surface area (TPSA) is 83.0 Å². The Labute approximate surface area is 198 Å². The molecular weight excluding hydrogens is 495 g/mol. The largest absolute Gasteiger partial charge is 0.462 e. The fourth-order valence-corrected chi connectivity index (χ4v) is 4.69. The molecule has 2 aliphatic carbocycles. The number of rotatable bonds is 8. The first-order chi connectivity index (χ1) is 14.2. The Morgan fingerprint density at radius 2 is 1.77 bits per heavy atom. The van der Waals surface area contributed by atoms with E-state index in [2.05, 4.69) is 15.6 Å². The first-order valence-electron chi connectivity index (χ1n) is 11.7. The Balaban J connectivity index is 0.00000320. The SMILES string of the molecule is CCNC(=NCCCC(=O)OC1CCCC1)NC1CCN(C(=O)C2CCCC2)C1.I. The third kappa shape index (κ3) is 7.89. The van der Waals surface area contributed by atoms with Crippen LogP contribution in [0.5, 0.6) is 0 Å². The van der Waals surface area contributed by atoms with Crippen molar-refractivity contribution >= 4 is 41.8 Å². The summed E-state index contributed by atoms with van der Waals surface area (Å²) in [6, 6.07) is 0.241. The monoisotopic (exact) mass is 534 g/mol. The van der Waals surface area contributed by atoms with Gasteiger partial charge in [-0.05, 0) is 58.3 Å². The Hall–Kier alpha value is -1.06. The molecule has 2 saturated carbocycles. The van der Waals surface area contributed by atoms with Gasteiger partial charge in [0.1, 0.15) is 6.10 Å². The van der Waals surface area contributed by atoms with Crippen LogP contribution in [0.2, 0.25) is 0 Å². The molecule has 0 aromatic rings. The van der Waals surface area contributed by atoms with Gasteiger partial charge in [0.15, 0.2) is 5.96 Å². The molecule has 1 saturated heterocycles. The van der Waals surface area contributed by atoms with E-state index in [1.54, 1.807) is 0 Å². The van der Waals surface area contributed by atoms with E-state index in [-0.39, 0.29) is 48.0 Å². The summed E-state index contributed by atoms with van der Waals surface area (Å²) in [5, 5.41) is 6.74. The van der Waals surface area contributed by atoms with Crippen molar-refractivity contribution in [3.05, 3.63) is 0 Å². The number of hydrogen-bond donors (Lipinski definition) is 2. The number of carbonyl (C=O) groups excluding carboxylic acids is 2. The van der Waals surface area contributed by atoms with Gasteiger partial charge in [-0.1, -0.05) is 12.8 Å². The maximum atomic E-state index is 12.6. The van der Waals surface area contributed by atoms with Crippen molar-refractivity contribution in [2.24, 2.45) is 10.9 Å². The molecule has 1 amide bonds. The lowest BCUT2D eigenvalue weighted by atomic mass is 10.1. The maximum absolute atomic E-state index is 12.6. The van der Waals surface area contributed by atoms with E-state index in [4.69, 9.17) is 4.74 Å². The molecule has 3 aliphatic rings. The van der Waals surface area contributed by atoms with Gasteiger partial charge < -0.3 is 20.3 Å². The van der Waals surface area contributed by atoms with Crippen LogP contribution in [0.1, 0.15) is 77.6 Å². The number of esters is 1. The van der Waals surface area contributed by atoms with Gasteiger partial charge in [0.25, 0.3) is 0 Å². The minimum absolute atomic E-state index is 0. The van der Waals surface area contributed by atoms with E-state index in [0.29, 0.717) is 25.3 Å². The number of likely N-dealkylation sites (tertiary alicyclic amines) is 1. The lowest BCUT2D eigenvalue weighted by Gasteiger charge is -2.21. The van der Waals surface area contributed by atoms with Gasteiger partial charge in [0.2, 0.25) is 5.91 Å². The zero-order valence-corrected chi connectivity index (χ0v) is 20.7. The molecule has 0 aromatic heterocycles. The van der Waals surface area contributed by atoms with Gasteiger partial charge >= 0.3 is 5.97 Å². The highest BCUT2D eigenvalue weighted by atomic mass is 127. The summed E-state index contributed by atoms with van der Waals surface area (Å²) in [5.74, 6) is 1.27. The Kier molecular flexibility index (Phi) is 11.2. The maximum Gasteiger partial charge on any atom is 0.306 e. The Morgan fingerprint density at radius 3 is 2.47 bits per heavy atom. The summed E-state index contributed by atoms with van der Waals surface area (Å²) < 4.78 is 5.49. The van der Waals surface area contributed by atoms with Crippen LogP contribution in [-0.4, -0.2) is 61.1 Å². The zero-order valence-electron chi connectivity index (χ0n) is 18.4. The number of amides is 1. The van der Waals surface area contributed by atoms with Crippen LogP contribution >= 0.6 is 24.0 Å². The molecule has 172 valence electrons. The smallest absolute Gasteiger partial charge is 0.306 e. The van der Waals surface area contributed by atoms with Crippen molar-refractivity contribution in [1.29, 1.82) is 0 Å². The zero-order chi connectivity index (χ0) is 20.5. The highest BCUT2D eigenvalue weighted by Crippen LogP contribution is 2.27. The van der Waals surface area contributed by atoms with Crippen LogP contribution in [0.15, 0.2) is 4.99 Å². The number of nitrogens with zero attached hydrogens (tertiary/aromatic N) is 2. The second-order valence-corrected chi connectivity index (χ2v) is 8.66. The Bertz CT molecular complexity index is 575. The minimum Gasteiger partial charge on any atom is -0.462 e. The lowest BCUT2D eigenvalue weighted by molar-refractivity contribution is -0.148. The molecule has 30 heavy (non-hydrogen) atoms. The molecule has 2 N–H and O–H groups in total. The number of aliphatic imine (C=N–C) groups is 1. The van der Waals surface area contributed by atoms with E-state index in [1.165, 1.54) is 25.7 Å². The van der Waals surface area contributed by atoms with Crippen molar-refractivity contribution in [1.82, 2.24) is 15.5 Å². The van der Waals surface area contributed by atoms with Crippen molar-refractivity contribution in [2.45, 2.75) is 89.7 Å². The van der Waals surface area contributed by atoms with Crippen LogP contribution in [0.4, 0.5) is 0 Å². The van der Waals surface area contributed by atoms with Crippen molar-refractivity contribution in [3.8, 4) is 0 Å². The number of guanidine groups is 1. The summed E-state index contributed by atoms with van der Waals surface area (Å²) in [6.07, 6.45) is 11.1. The van der Waals surface area contributed by atoms with Gasteiger partial charge in [0, 0.05) is 44.6 Å². The van der Waals surface area contributed by atoms with E-state index >= 15 is 0 Å². The van der Waals surface area contributed by atoms with Gasteiger partial charge in [0.05, 0.1) is 0 Å². The third-order valence-corrected chi connectivity index (χ3v) is 6.30. The molecule has 0 radical (unpaired) electrons. The highest BCUT2D eigenvalue weighted by molar-refractivity contribution is 14.0. The third-order valence-electron chi connectivity index (χ3n) is 6.30. The molecule has 0 aromatic carbocycles. The van der Waals surface area contributed by atoms with E-state index in [1.807, 2.05) is 11.8 Å². The van der Waals surface area contributed by atoms with E-state index in [0.717, 1.165) is 57.7 Å². The molecule has 1 atom stereocenters. The fourth-order valence-electron chi connectivity index (χ4n) is 4.69. The highest BCUT2D eigenvalue weighted by Gasteiger charge is 2.32. The molecule has 3 fully saturated rings. The molecule has 0 spiro atoms. The average Bonchev–Trinajstić information content (AvgIpc) is 3.47. The molecule has 1 heterocycles. The van der Waals surface area contributed by atoms with Crippen molar-refractivity contribution in [2.75, 3.05) is 26.2 Å². The molecule has 1 unspecified atom stereocenters. The predicted octanol–water partition coefficient (Wildman–Crippen LogP) is 3.22. The lowest BCUT2D eigenvalue weighted by Crippen LogP contribution is -2.45. The number of hydrogen-bond acceptors (Lipinski definition) is 4. The molecule has 1 aliphatic heterocycles. The van der Waals surface area contributed by atoms with Crippen LogP contribution in [0.3, 0.4) is 0 Å². The summed E-state index contributed by atoms with van der Waals surface area (Å²) in [5.41, 5.74) is 0. The number of carbonyl (C=O) groups is 2. The van der Waals surface area contributed by atoms with Crippen molar-refractivity contribution in [3.63, 3.8) is 0 Å². The second-order valence-electron chi connectivity index (χ2n) is 8.66. The first kappa shape index (κ1) is 25.2. The summed E-state index contributed by atoms with van der Waals surface area (Å²) in [6.45, 7) is 5.01. The van der Waals surface area contributed by atoms with E-state index in [9.17, 15) is 9.59 Å². The van der Waals surface area contributed by atoms with Crippen LogP contribution in [0.25, 0.3) is 0 Å². The fraction of sp³-hybridized carbons (Fsp3) is 0.864. The molecular formula is C22H39IN4O3. The van der Waals surface area contributed by atoms with Gasteiger partial charge in [-0.3, -0.25) is 14.6 Å². The van der Waals surface area contributed by atoms with Gasteiger partial charge in [-0.15, -0.1) is 24.0 Å². The standard InChI is InChI=1S/C22H38N4O3.HI/c1-2-23-22(24-14-7-12-20(27)29-19-10-5-6-11-19)25-18-13-15-26(16-18)21(28)17-8-3-4-9-17;/h17-19H,2-16H2,1H3,(H2,23,24,25);1H. The predicted molar refractivity (Wildman–Crippen MR) is 129 cm³/mol. The molecule has 3 rings (SSSR count). The average molecular weight is 534 g/mol. The van der Waals surface area contributed by atoms with Gasteiger partial charge in [-0.25, -0.2) is 0 Å². The van der Waals surface area contributed by atoms with E-state index < -0.39 is 0 Å². The summed E-state index contributed by atoms with van der Waals surface area (Å²) >= 11 is 0. The summed E-state index contributed by atoms with van der Waals surface area (Å²) in [7, 11) is 0. The van der Waals surface area contributed by atoms with Gasteiger partial charge in [-0.2, -0.15) is 0 Å². The molecule has 7 nitrogen and oxygen atoms in total. The Morgan fingerprint density at radius 1 is 1.07 bits per heavy atom. The molecule has 0 bridgehead atoms. The minimum atomic E-state index is -0.0954. The van der Waals surface area contributed by atoms with Crippen LogP contribution in [-0.2, 0) is 14.3 Å². The second kappa shape index (κ2) is 13.4. The number of halogens is 1. The summed E-state index contributed by atoms with van der Waals surface area (Å²) in [4.78, 5) is 31.2. The molecule has 8 heteroatoms. The van der Waals surface area contributed by atoms with Crippen molar-refractivity contribution < 1.29 is 14.3 Å². The van der Waals surface area contributed by atoms with Crippen LogP contribution < -0.4 is 10.6 Å². The normalized spacial score (nSPS) is 22.8. The quantitative estimate of drug-likeness (QED) is 0.164. The number of nitrogens with one attached hydrogen (secondary N) is 2. The number of ether oxygens (including phenoxy) is 1. The van der Waals surface area contributed by atoms with Crippen LogP contribution in [0, 0.1) is 5.92 Å². The first-order valence-corrected chi connectivity index (χ1v) is 11.7.